The van der Waals surface area contributed by atoms with Gasteiger partial charge in [0.25, 0.3) is 0 Å². The Kier molecular flexibility index (Phi) is 4.14. The van der Waals surface area contributed by atoms with Gasteiger partial charge in [0.2, 0.25) is 0 Å². The Balaban J connectivity index is 2.32. The molecule has 3 aromatic rings. The van der Waals surface area contributed by atoms with E-state index in [9.17, 15) is 9.59 Å². The maximum atomic E-state index is 12.6. The Labute approximate surface area is 140 Å². The second kappa shape index (κ2) is 6.11. The number of hydrogen-bond donors (Lipinski definition) is 0. The van der Waals surface area contributed by atoms with Crippen molar-refractivity contribution in [1.29, 1.82) is 0 Å². The summed E-state index contributed by atoms with van der Waals surface area (Å²) in [6.45, 7) is 7.24. The van der Waals surface area contributed by atoms with Crippen LogP contribution >= 0.6 is 0 Å². The lowest BCUT2D eigenvalue weighted by atomic mass is 9.91. The molecule has 0 atom stereocenters. The van der Waals surface area contributed by atoms with Crippen molar-refractivity contribution in [3.05, 3.63) is 57.4 Å². The molecule has 4 heteroatoms. The van der Waals surface area contributed by atoms with Crippen molar-refractivity contribution >= 4 is 16.8 Å². The van der Waals surface area contributed by atoms with E-state index in [1.807, 2.05) is 51.1 Å². The molecule has 0 saturated carbocycles. The van der Waals surface area contributed by atoms with E-state index >= 15 is 0 Å². The van der Waals surface area contributed by atoms with E-state index in [0.29, 0.717) is 29.1 Å². The standard InChI is InChI=1S/C20H20O4/c1-5-14-17(18(21)11(2)3)12(4)20(22)24-19(14)16-10-13-8-6-7-9-15(13)23-16/h6-11H,5H2,1-4H3. The van der Waals surface area contributed by atoms with Crippen LogP contribution in [0.15, 0.2) is 44.0 Å². The van der Waals surface area contributed by atoms with Crippen LogP contribution in [0.2, 0.25) is 0 Å². The molecule has 0 aliphatic rings. The lowest BCUT2D eigenvalue weighted by molar-refractivity contribution is 0.0937. The summed E-state index contributed by atoms with van der Waals surface area (Å²) in [6, 6.07) is 9.43. The van der Waals surface area contributed by atoms with Crippen LogP contribution in [0.5, 0.6) is 0 Å². The van der Waals surface area contributed by atoms with Gasteiger partial charge in [0.05, 0.1) is 0 Å². The summed E-state index contributed by atoms with van der Waals surface area (Å²) in [4.78, 5) is 24.9. The van der Waals surface area contributed by atoms with E-state index in [4.69, 9.17) is 8.83 Å². The number of furan rings is 1. The van der Waals surface area contributed by atoms with Crippen molar-refractivity contribution in [1.82, 2.24) is 0 Å². The summed E-state index contributed by atoms with van der Waals surface area (Å²) in [5, 5.41) is 0.925. The van der Waals surface area contributed by atoms with Crippen LogP contribution in [-0.4, -0.2) is 5.78 Å². The van der Waals surface area contributed by atoms with Crippen molar-refractivity contribution in [2.45, 2.75) is 34.1 Å². The Morgan fingerprint density at radius 3 is 2.50 bits per heavy atom. The highest BCUT2D eigenvalue weighted by atomic mass is 16.4. The Bertz CT molecular complexity index is 940. The first kappa shape index (κ1) is 16.2. The predicted molar refractivity (Wildman–Crippen MR) is 93.5 cm³/mol. The molecule has 0 saturated heterocycles. The van der Waals surface area contributed by atoms with Crippen LogP contribution in [0, 0.1) is 12.8 Å². The number of rotatable bonds is 4. The average Bonchev–Trinajstić information content (AvgIpc) is 2.99. The molecule has 0 bridgehead atoms. The highest BCUT2D eigenvalue weighted by Gasteiger charge is 2.25. The summed E-state index contributed by atoms with van der Waals surface area (Å²) >= 11 is 0. The SMILES string of the molecule is CCc1c(-c2cc3ccccc3o2)oc(=O)c(C)c1C(=O)C(C)C. The molecule has 0 unspecified atom stereocenters. The van der Waals surface area contributed by atoms with Gasteiger partial charge in [-0.2, -0.15) is 0 Å². The van der Waals surface area contributed by atoms with Gasteiger partial charge in [-0.25, -0.2) is 4.79 Å². The first-order valence-corrected chi connectivity index (χ1v) is 8.13. The second-order valence-corrected chi connectivity index (χ2v) is 6.22. The third kappa shape index (κ3) is 2.58. The van der Waals surface area contributed by atoms with Crippen molar-refractivity contribution in [3.8, 4) is 11.5 Å². The highest BCUT2D eigenvalue weighted by molar-refractivity contribution is 6.01. The molecule has 3 rings (SSSR count). The van der Waals surface area contributed by atoms with E-state index in [0.717, 1.165) is 16.5 Å². The monoisotopic (exact) mass is 324 g/mol. The summed E-state index contributed by atoms with van der Waals surface area (Å²) in [7, 11) is 0. The number of benzene rings is 1. The number of ketones is 1. The van der Waals surface area contributed by atoms with Crippen LogP contribution in [0.4, 0.5) is 0 Å². The van der Waals surface area contributed by atoms with Crippen molar-refractivity contribution in [3.63, 3.8) is 0 Å². The molecule has 1 aromatic carbocycles. The molecule has 4 nitrogen and oxygen atoms in total. The molecule has 0 N–H and O–H groups in total. The molecule has 0 fully saturated rings. The molecule has 0 amide bonds. The number of carbonyl (C=O) groups excluding carboxylic acids is 1. The second-order valence-electron chi connectivity index (χ2n) is 6.22. The highest BCUT2D eigenvalue weighted by Crippen LogP contribution is 2.32. The minimum Gasteiger partial charge on any atom is -0.453 e. The van der Waals surface area contributed by atoms with Crippen LogP contribution in [0.1, 0.15) is 42.3 Å². The summed E-state index contributed by atoms with van der Waals surface area (Å²) < 4.78 is 11.4. The minimum absolute atomic E-state index is 0.0467. The van der Waals surface area contributed by atoms with Crippen LogP contribution in [-0.2, 0) is 6.42 Å². The zero-order valence-corrected chi connectivity index (χ0v) is 14.3. The van der Waals surface area contributed by atoms with Gasteiger partial charge in [-0.1, -0.05) is 39.0 Å². The van der Waals surface area contributed by atoms with E-state index in [1.165, 1.54) is 0 Å². The molecular weight excluding hydrogens is 304 g/mol. The number of fused-ring (bicyclic) bond motifs is 1. The first-order chi connectivity index (χ1) is 11.4. The number of carbonyl (C=O) groups is 1. The molecule has 124 valence electrons. The van der Waals surface area contributed by atoms with Gasteiger partial charge < -0.3 is 8.83 Å². The molecular formula is C20H20O4. The zero-order chi connectivity index (χ0) is 17.4. The van der Waals surface area contributed by atoms with E-state index in [-0.39, 0.29) is 11.7 Å². The Morgan fingerprint density at radius 1 is 1.17 bits per heavy atom. The van der Waals surface area contributed by atoms with Gasteiger partial charge in [0, 0.05) is 28.0 Å². The predicted octanol–water partition coefficient (Wildman–Crippen LogP) is 4.76. The van der Waals surface area contributed by atoms with Crippen molar-refractivity contribution < 1.29 is 13.6 Å². The number of hydrogen-bond acceptors (Lipinski definition) is 4. The molecule has 24 heavy (non-hydrogen) atoms. The number of para-hydroxylation sites is 1. The summed E-state index contributed by atoms with van der Waals surface area (Å²) in [5.41, 5.74) is 1.79. The van der Waals surface area contributed by atoms with E-state index in [1.54, 1.807) is 6.92 Å². The molecule has 2 heterocycles. The lowest BCUT2D eigenvalue weighted by Crippen LogP contribution is -2.19. The van der Waals surface area contributed by atoms with E-state index in [2.05, 4.69) is 0 Å². The van der Waals surface area contributed by atoms with Crippen LogP contribution < -0.4 is 5.63 Å². The van der Waals surface area contributed by atoms with Gasteiger partial charge in [0.15, 0.2) is 17.3 Å². The lowest BCUT2D eigenvalue weighted by Gasteiger charge is -2.14. The van der Waals surface area contributed by atoms with Gasteiger partial charge in [-0.05, 0) is 25.5 Å². The Morgan fingerprint density at radius 2 is 1.88 bits per heavy atom. The maximum absolute atomic E-state index is 12.6. The normalized spacial score (nSPS) is 11.4. The molecule has 0 radical (unpaired) electrons. The third-order valence-electron chi connectivity index (χ3n) is 4.23. The van der Waals surface area contributed by atoms with Crippen LogP contribution in [0.3, 0.4) is 0 Å². The largest absolute Gasteiger partial charge is 0.453 e. The van der Waals surface area contributed by atoms with Gasteiger partial charge in [-0.3, -0.25) is 4.79 Å². The average molecular weight is 324 g/mol. The van der Waals surface area contributed by atoms with Crippen molar-refractivity contribution in [2.75, 3.05) is 0 Å². The fourth-order valence-electron chi connectivity index (χ4n) is 2.93. The van der Waals surface area contributed by atoms with Gasteiger partial charge in [0.1, 0.15) is 5.58 Å². The van der Waals surface area contributed by atoms with Gasteiger partial charge in [-0.15, -0.1) is 0 Å². The fourth-order valence-corrected chi connectivity index (χ4v) is 2.93. The molecule has 2 aromatic heterocycles. The van der Waals surface area contributed by atoms with E-state index < -0.39 is 5.63 Å². The smallest absolute Gasteiger partial charge is 0.340 e. The number of Topliss-reactive ketones (excluding diaryl/α,β-unsaturated/α-hetero) is 1. The molecule has 0 aliphatic heterocycles. The quantitative estimate of drug-likeness (QED) is 0.649. The van der Waals surface area contributed by atoms with Gasteiger partial charge >= 0.3 is 5.63 Å². The van der Waals surface area contributed by atoms with Crippen molar-refractivity contribution in [2.24, 2.45) is 5.92 Å². The zero-order valence-electron chi connectivity index (χ0n) is 14.3. The first-order valence-electron chi connectivity index (χ1n) is 8.13. The Hall–Kier alpha value is -2.62. The fraction of sp³-hybridized carbons (Fsp3) is 0.300. The minimum atomic E-state index is -0.494. The maximum Gasteiger partial charge on any atom is 0.340 e. The summed E-state index contributed by atoms with van der Waals surface area (Å²) in [6.07, 6.45) is 0.574. The molecule has 0 aliphatic carbocycles. The topological polar surface area (TPSA) is 60.4 Å². The molecule has 0 spiro atoms. The van der Waals surface area contributed by atoms with Crippen LogP contribution in [0.25, 0.3) is 22.5 Å². The third-order valence-corrected chi connectivity index (χ3v) is 4.23. The summed E-state index contributed by atoms with van der Waals surface area (Å²) in [5.74, 6) is 0.588.